The molecule has 1 aliphatic rings. The number of carbonyl (C=O) groups excluding carboxylic acids is 3. The molecule has 0 aromatic heterocycles. The van der Waals surface area contributed by atoms with E-state index >= 15 is 0 Å². The van der Waals surface area contributed by atoms with E-state index in [1.165, 1.54) is 5.32 Å². The summed E-state index contributed by atoms with van der Waals surface area (Å²) in [4.78, 5) is 34.5. The number of halogens is 3. The molecule has 1 atom stereocenters. The molecule has 0 unspecified atom stereocenters. The van der Waals surface area contributed by atoms with Crippen molar-refractivity contribution in [1.82, 2.24) is 15.5 Å². The summed E-state index contributed by atoms with van der Waals surface area (Å²) in [5, 5.41) is 3.09. The summed E-state index contributed by atoms with van der Waals surface area (Å²) in [6.45, 7) is 1.77. The third kappa shape index (κ3) is 2.64. The molecule has 1 fully saturated rings. The number of alkyl halides is 3. The van der Waals surface area contributed by atoms with Crippen LogP contribution < -0.4 is 10.6 Å². The molecular formula is C10H14F3N3O3. The Morgan fingerprint density at radius 2 is 2.00 bits per heavy atom. The third-order valence-electron chi connectivity index (χ3n) is 2.73. The van der Waals surface area contributed by atoms with Crippen LogP contribution in [0.3, 0.4) is 0 Å². The number of unbranched alkanes of at least 4 members (excludes halogenated alkanes) is 1. The lowest BCUT2D eigenvalue weighted by atomic mass is 10.1. The summed E-state index contributed by atoms with van der Waals surface area (Å²) in [7, 11) is 0.906. The number of likely N-dealkylation sites (N-methyl/N-ethyl adjacent to an activating group) is 1. The standard InChI is InChI=1S/C10H14F3N3O3/c1-3-4-5-6(17)14-9(10(11,12)13)7(18)16(2)8(19)15-9/h3-5H2,1-2H3,(H,14,17)(H,15,19)/t9-/m0/s1. The Bertz CT molecular complexity index is 411. The lowest BCUT2D eigenvalue weighted by Gasteiger charge is -2.29. The highest BCUT2D eigenvalue weighted by atomic mass is 19.4. The van der Waals surface area contributed by atoms with Crippen LogP contribution in [0.15, 0.2) is 0 Å². The summed E-state index contributed by atoms with van der Waals surface area (Å²) in [5.41, 5.74) is -3.36. The number of amides is 4. The van der Waals surface area contributed by atoms with Crippen molar-refractivity contribution in [3.8, 4) is 0 Å². The van der Waals surface area contributed by atoms with Gasteiger partial charge in [-0.15, -0.1) is 0 Å². The van der Waals surface area contributed by atoms with Crippen LogP contribution in [0.5, 0.6) is 0 Å². The topological polar surface area (TPSA) is 78.5 Å². The molecule has 19 heavy (non-hydrogen) atoms. The van der Waals surface area contributed by atoms with Crippen LogP contribution in [0.1, 0.15) is 26.2 Å². The van der Waals surface area contributed by atoms with Crippen LogP contribution >= 0.6 is 0 Å². The predicted molar refractivity (Wildman–Crippen MR) is 57.8 cm³/mol. The molecule has 0 bridgehead atoms. The van der Waals surface area contributed by atoms with Gasteiger partial charge >= 0.3 is 12.2 Å². The van der Waals surface area contributed by atoms with Gasteiger partial charge in [-0.1, -0.05) is 13.3 Å². The first-order valence-corrected chi connectivity index (χ1v) is 5.63. The van der Waals surface area contributed by atoms with Gasteiger partial charge in [0, 0.05) is 13.5 Å². The Hall–Kier alpha value is -1.80. The zero-order chi connectivity index (χ0) is 14.8. The van der Waals surface area contributed by atoms with Gasteiger partial charge in [0.25, 0.3) is 11.6 Å². The molecule has 0 spiro atoms. The maximum absolute atomic E-state index is 13.0. The zero-order valence-electron chi connectivity index (χ0n) is 10.4. The highest BCUT2D eigenvalue weighted by Crippen LogP contribution is 2.33. The van der Waals surface area contributed by atoms with Crippen LogP contribution in [-0.4, -0.2) is 41.6 Å². The van der Waals surface area contributed by atoms with Gasteiger partial charge in [0.1, 0.15) is 0 Å². The average molecular weight is 281 g/mol. The van der Waals surface area contributed by atoms with Gasteiger partial charge in [-0.05, 0) is 6.42 Å². The summed E-state index contributed by atoms with van der Waals surface area (Å²) in [6.07, 6.45) is -4.27. The Morgan fingerprint density at radius 3 is 2.37 bits per heavy atom. The van der Waals surface area contributed by atoms with Crippen molar-refractivity contribution in [3.63, 3.8) is 0 Å². The third-order valence-corrected chi connectivity index (χ3v) is 2.73. The van der Waals surface area contributed by atoms with E-state index in [4.69, 9.17) is 0 Å². The molecule has 0 aliphatic carbocycles. The molecule has 4 amide bonds. The smallest absolute Gasteiger partial charge is 0.318 e. The van der Waals surface area contributed by atoms with E-state index in [0.29, 0.717) is 12.8 Å². The average Bonchev–Trinajstić information content (AvgIpc) is 2.51. The minimum atomic E-state index is -5.12. The summed E-state index contributed by atoms with van der Waals surface area (Å²) in [5.74, 6) is -2.49. The quantitative estimate of drug-likeness (QED) is 0.746. The molecule has 0 aromatic carbocycles. The molecule has 1 heterocycles. The molecule has 0 saturated carbocycles. The molecule has 9 heteroatoms. The molecule has 6 nitrogen and oxygen atoms in total. The number of hydrogen-bond acceptors (Lipinski definition) is 3. The summed E-state index contributed by atoms with van der Waals surface area (Å²) < 4.78 is 39.1. The first-order valence-electron chi connectivity index (χ1n) is 5.63. The highest BCUT2D eigenvalue weighted by Gasteiger charge is 2.68. The summed E-state index contributed by atoms with van der Waals surface area (Å²) >= 11 is 0. The van der Waals surface area contributed by atoms with Gasteiger partial charge in [-0.25, -0.2) is 4.79 Å². The number of nitrogens with zero attached hydrogens (tertiary/aromatic N) is 1. The number of rotatable bonds is 4. The first kappa shape index (κ1) is 15.3. The van der Waals surface area contributed by atoms with Crippen molar-refractivity contribution in [2.24, 2.45) is 0 Å². The minimum Gasteiger partial charge on any atom is -0.318 e. The van der Waals surface area contributed by atoms with Gasteiger partial charge in [-0.3, -0.25) is 19.8 Å². The first-order chi connectivity index (χ1) is 8.65. The molecule has 2 N–H and O–H groups in total. The molecule has 1 saturated heterocycles. The van der Waals surface area contributed by atoms with E-state index in [1.54, 1.807) is 12.2 Å². The fraction of sp³-hybridized carbons (Fsp3) is 0.700. The normalized spacial score (nSPS) is 23.5. The van der Waals surface area contributed by atoms with E-state index in [9.17, 15) is 27.6 Å². The van der Waals surface area contributed by atoms with E-state index in [2.05, 4.69) is 0 Å². The van der Waals surface area contributed by atoms with Gasteiger partial charge in [0.05, 0.1) is 0 Å². The number of imide groups is 1. The monoisotopic (exact) mass is 281 g/mol. The Morgan fingerprint density at radius 1 is 1.42 bits per heavy atom. The number of urea groups is 1. The Labute approximate surface area is 107 Å². The van der Waals surface area contributed by atoms with Crippen molar-refractivity contribution in [3.05, 3.63) is 0 Å². The van der Waals surface area contributed by atoms with Crippen molar-refractivity contribution >= 4 is 17.8 Å². The largest absolute Gasteiger partial charge is 0.440 e. The fourth-order valence-electron chi connectivity index (χ4n) is 1.60. The van der Waals surface area contributed by atoms with E-state index in [-0.39, 0.29) is 11.3 Å². The SMILES string of the molecule is CCCCC(=O)N[C@]1(C(F)(F)F)NC(=O)N(C)C1=O. The molecule has 1 rings (SSSR count). The van der Waals surface area contributed by atoms with Gasteiger partial charge < -0.3 is 5.32 Å². The molecular weight excluding hydrogens is 267 g/mol. The maximum Gasteiger partial charge on any atom is 0.440 e. The molecule has 1 aliphatic heterocycles. The van der Waals surface area contributed by atoms with Crippen LogP contribution in [0.2, 0.25) is 0 Å². The molecule has 108 valence electrons. The number of carbonyl (C=O) groups is 3. The van der Waals surface area contributed by atoms with Gasteiger partial charge in [0.15, 0.2) is 0 Å². The van der Waals surface area contributed by atoms with Crippen LogP contribution in [0, 0.1) is 0 Å². The highest BCUT2D eigenvalue weighted by molar-refractivity contribution is 6.08. The maximum atomic E-state index is 13.0. The van der Waals surface area contributed by atoms with Gasteiger partial charge in [0.2, 0.25) is 5.91 Å². The number of nitrogens with one attached hydrogen (secondary N) is 2. The predicted octanol–water partition coefficient (Wildman–Crippen LogP) is 0.733. The zero-order valence-corrected chi connectivity index (χ0v) is 10.4. The second-order valence-corrected chi connectivity index (χ2v) is 4.19. The van der Waals surface area contributed by atoms with Gasteiger partial charge in [-0.2, -0.15) is 13.2 Å². The second-order valence-electron chi connectivity index (χ2n) is 4.19. The Kier molecular flexibility index (Phi) is 4.06. The lowest BCUT2D eigenvalue weighted by molar-refractivity contribution is -0.204. The molecule has 0 aromatic rings. The lowest BCUT2D eigenvalue weighted by Crippen LogP contribution is -2.69. The van der Waals surface area contributed by atoms with Crippen LogP contribution in [0.4, 0.5) is 18.0 Å². The van der Waals surface area contributed by atoms with Crippen molar-refractivity contribution < 1.29 is 27.6 Å². The van der Waals surface area contributed by atoms with Crippen LogP contribution in [0.25, 0.3) is 0 Å². The second kappa shape index (κ2) is 5.06. The van der Waals surface area contributed by atoms with Crippen molar-refractivity contribution in [2.75, 3.05) is 7.05 Å². The van der Waals surface area contributed by atoms with E-state index in [0.717, 1.165) is 7.05 Å². The van der Waals surface area contributed by atoms with Crippen LogP contribution in [-0.2, 0) is 9.59 Å². The van der Waals surface area contributed by atoms with Crippen molar-refractivity contribution in [1.29, 1.82) is 0 Å². The Balaban J connectivity index is 3.01. The minimum absolute atomic E-state index is 0.152. The van der Waals surface area contributed by atoms with E-state index < -0.39 is 29.7 Å². The number of hydrogen-bond donors (Lipinski definition) is 2. The summed E-state index contributed by atoms with van der Waals surface area (Å²) in [6, 6.07) is -1.21. The molecule has 0 radical (unpaired) electrons. The fourth-order valence-corrected chi connectivity index (χ4v) is 1.60. The van der Waals surface area contributed by atoms with E-state index in [1.807, 2.05) is 0 Å². The van der Waals surface area contributed by atoms with Crippen molar-refractivity contribution in [2.45, 2.75) is 38.0 Å².